The Morgan fingerprint density at radius 1 is 1.32 bits per heavy atom. The number of benzene rings is 1. The Morgan fingerprint density at radius 3 is 2.63 bits per heavy atom. The minimum atomic E-state index is -0.498. The fourth-order valence-corrected chi connectivity index (χ4v) is 2.62. The summed E-state index contributed by atoms with van der Waals surface area (Å²) in [6.45, 7) is 11.9. The van der Waals surface area contributed by atoms with E-state index in [0.717, 1.165) is 18.8 Å². The van der Waals surface area contributed by atoms with Gasteiger partial charge in [0.2, 0.25) is 5.91 Å². The zero-order valence-corrected chi connectivity index (χ0v) is 12.6. The Hall–Kier alpha value is -1.35. The molecule has 3 nitrogen and oxygen atoms in total. The monoisotopic (exact) mass is 260 g/mol. The van der Waals surface area contributed by atoms with Crippen LogP contribution in [0.15, 0.2) is 18.2 Å². The second-order valence-electron chi connectivity index (χ2n) is 6.32. The van der Waals surface area contributed by atoms with E-state index in [9.17, 15) is 4.79 Å². The lowest BCUT2D eigenvalue weighted by Crippen LogP contribution is -2.52. The molecule has 1 unspecified atom stereocenters. The van der Waals surface area contributed by atoms with E-state index in [1.165, 1.54) is 11.1 Å². The van der Waals surface area contributed by atoms with E-state index in [-0.39, 0.29) is 5.91 Å². The van der Waals surface area contributed by atoms with Crippen LogP contribution in [0.2, 0.25) is 0 Å². The molecule has 0 aliphatic carbocycles. The average Bonchev–Trinajstić information content (AvgIpc) is 2.42. The molecule has 1 atom stereocenters. The van der Waals surface area contributed by atoms with Crippen LogP contribution in [-0.4, -0.2) is 24.5 Å². The lowest BCUT2D eigenvalue weighted by molar-refractivity contribution is -0.123. The molecule has 1 aliphatic rings. The van der Waals surface area contributed by atoms with Crippen molar-refractivity contribution in [2.45, 2.75) is 40.2 Å². The van der Waals surface area contributed by atoms with Gasteiger partial charge in [-0.15, -0.1) is 0 Å². The van der Waals surface area contributed by atoms with Crippen LogP contribution in [0.1, 0.15) is 31.9 Å². The Bertz CT molecular complexity index is 494. The van der Waals surface area contributed by atoms with E-state index < -0.39 is 5.54 Å². The van der Waals surface area contributed by atoms with Crippen LogP contribution in [-0.2, 0) is 4.79 Å². The highest BCUT2D eigenvalue weighted by Crippen LogP contribution is 2.26. The third-order valence-electron chi connectivity index (χ3n) is 3.81. The number of carbonyl (C=O) groups is 1. The highest BCUT2D eigenvalue weighted by atomic mass is 16.2. The van der Waals surface area contributed by atoms with E-state index >= 15 is 0 Å². The number of hydrogen-bond donors (Lipinski definition) is 1. The third-order valence-corrected chi connectivity index (χ3v) is 3.81. The zero-order chi connectivity index (χ0) is 14.2. The summed E-state index contributed by atoms with van der Waals surface area (Å²) in [5.41, 5.74) is 2.94. The lowest BCUT2D eigenvalue weighted by atomic mass is 10.0. The molecule has 0 saturated carbocycles. The highest BCUT2D eigenvalue weighted by Gasteiger charge is 2.36. The smallest absolute Gasteiger partial charge is 0.246 e. The van der Waals surface area contributed by atoms with Crippen molar-refractivity contribution in [1.82, 2.24) is 5.32 Å². The van der Waals surface area contributed by atoms with Crippen LogP contribution < -0.4 is 10.2 Å². The molecule has 0 radical (unpaired) electrons. The van der Waals surface area contributed by atoms with Crippen LogP contribution in [0, 0.1) is 19.8 Å². The van der Waals surface area contributed by atoms with Crippen LogP contribution in [0.25, 0.3) is 0 Å². The Kier molecular flexibility index (Phi) is 3.68. The number of nitrogens with zero attached hydrogens (tertiary/aromatic N) is 1. The Labute approximate surface area is 116 Å². The lowest BCUT2D eigenvalue weighted by Gasteiger charge is -2.30. The molecule has 1 heterocycles. The summed E-state index contributed by atoms with van der Waals surface area (Å²) in [7, 11) is 0. The molecule has 1 fully saturated rings. The van der Waals surface area contributed by atoms with E-state index in [4.69, 9.17) is 0 Å². The standard InChI is InChI=1S/C16H24N2O/c1-11-6-7-14(13(3)8-11)18-10-12(2)9-17-16(4,5)15(18)19/h6-8,12,17H,9-10H2,1-5H3. The first-order chi connectivity index (χ1) is 8.81. The number of anilines is 1. The van der Waals surface area contributed by atoms with Crippen LogP contribution in [0.5, 0.6) is 0 Å². The maximum atomic E-state index is 12.7. The number of amides is 1. The largest absolute Gasteiger partial charge is 0.310 e. The molecule has 0 aromatic heterocycles. The predicted octanol–water partition coefficient (Wildman–Crippen LogP) is 2.65. The summed E-state index contributed by atoms with van der Waals surface area (Å²) in [5, 5.41) is 3.36. The number of hydrogen-bond acceptors (Lipinski definition) is 2. The van der Waals surface area contributed by atoms with Gasteiger partial charge in [0.05, 0.1) is 5.54 Å². The minimum absolute atomic E-state index is 0.156. The molecule has 1 amide bonds. The summed E-state index contributed by atoms with van der Waals surface area (Å²) < 4.78 is 0. The van der Waals surface area contributed by atoms with Crippen molar-refractivity contribution in [2.24, 2.45) is 5.92 Å². The second-order valence-corrected chi connectivity index (χ2v) is 6.32. The van der Waals surface area contributed by atoms with E-state index in [1.807, 2.05) is 18.7 Å². The number of aryl methyl sites for hydroxylation is 2. The van der Waals surface area contributed by atoms with Gasteiger partial charge in [-0.05, 0) is 45.2 Å². The van der Waals surface area contributed by atoms with Gasteiger partial charge in [-0.2, -0.15) is 0 Å². The number of rotatable bonds is 1. The second kappa shape index (κ2) is 4.97. The molecule has 3 heteroatoms. The van der Waals surface area contributed by atoms with Gasteiger partial charge >= 0.3 is 0 Å². The fraction of sp³-hybridized carbons (Fsp3) is 0.562. The predicted molar refractivity (Wildman–Crippen MR) is 79.5 cm³/mol. The highest BCUT2D eigenvalue weighted by molar-refractivity contribution is 6.00. The van der Waals surface area contributed by atoms with Gasteiger partial charge in [0, 0.05) is 18.8 Å². The molecular weight excluding hydrogens is 236 g/mol. The van der Waals surface area contributed by atoms with Gasteiger partial charge in [-0.3, -0.25) is 4.79 Å². The number of carbonyl (C=O) groups excluding carboxylic acids is 1. The maximum absolute atomic E-state index is 12.7. The first kappa shape index (κ1) is 14.1. The summed E-state index contributed by atoms with van der Waals surface area (Å²) in [5.74, 6) is 0.607. The van der Waals surface area contributed by atoms with Crippen molar-refractivity contribution in [3.05, 3.63) is 29.3 Å². The summed E-state index contributed by atoms with van der Waals surface area (Å²) in [4.78, 5) is 14.7. The minimum Gasteiger partial charge on any atom is -0.310 e. The van der Waals surface area contributed by atoms with Gasteiger partial charge in [-0.1, -0.05) is 24.6 Å². The van der Waals surface area contributed by atoms with Gasteiger partial charge in [0.15, 0.2) is 0 Å². The molecule has 1 saturated heterocycles. The summed E-state index contributed by atoms with van der Waals surface area (Å²) in [6, 6.07) is 6.28. The van der Waals surface area contributed by atoms with Gasteiger partial charge in [0.1, 0.15) is 0 Å². The molecule has 0 spiro atoms. The van der Waals surface area contributed by atoms with Gasteiger partial charge < -0.3 is 10.2 Å². The molecule has 1 aromatic carbocycles. The Balaban J connectivity index is 2.42. The molecule has 1 N–H and O–H groups in total. The first-order valence-electron chi connectivity index (χ1n) is 6.95. The summed E-state index contributed by atoms with van der Waals surface area (Å²) >= 11 is 0. The maximum Gasteiger partial charge on any atom is 0.246 e. The molecule has 19 heavy (non-hydrogen) atoms. The zero-order valence-electron chi connectivity index (χ0n) is 12.6. The van der Waals surface area contributed by atoms with Crippen molar-refractivity contribution >= 4 is 11.6 Å². The SMILES string of the molecule is Cc1ccc(N2CC(C)CNC(C)(C)C2=O)c(C)c1. The normalized spacial score (nSPS) is 23.3. The van der Waals surface area contributed by atoms with Crippen LogP contribution in [0.4, 0.5) is 5.69 Å². The van der Waals surface area contributed by atoms with Crippen molar-refractivity contribution in [3.63, 3.8) is 0 Å². The molecule has 104 valence electrons. The van der Waals surface area contributed by atoms with Crippen molar-refractivity contribution in [2.75, 3.05) is 18.0 Å². The van der Waals surface area contributed by atoms with Gasteiger partial charge in [-0.25, -0.2) is 0 Å². The van der Waals surface area contributed by atoms with Crippen LogP contribution in [0.3, 0.4) is 0 Å². The van der Waals surface area contributed by atoms with Crippen LogP contribution >= 0.6 is 0 Å². The summed E-state index contributed by atoms with van der Waals surface area (Å²) in [6.07, 6.45) is 0. The molecular formula is C16H24N2O. The fourth-order valence-electron chi connectivity index (χ4n) is 2.62. The van der Waals surface area contributed by atoms with Crippen molar-refractivity contribution in [3.8, 4) is 0 Å². The Morgan fingerprint density at radius 2 is 2.00 bits per heavy atom. The van der Waals surface area contributed by atoms with E-state index in [0.29, 0.717) is 5.92 Å². The van der Waals surface area contributed by atoms with E-state index in [2.05, 4.69) is 44.3 Å². The average molecular weight is 260 g/mol. The quantitative estimate of drug-likeness (QED) is 0.842. The molecule has 1 aromatic rings. The topological polar surface area (TPSA) is 32.3 Å². The number of nitrogens with one attached hydrogen (secondary N) is 1. The van der Waals surface area contributed by atoms with Gasteiger partial charge in [0.25, 0.3) is 0 Å². The van der Waals surface area contributed by atoms with Crippen molar-refractivity contribution in [1.29, 1.82) is 0 Å². The third kappa shape index (κ3) is 2.81. The molecule has 2 rings (SSSR count). The van der Waals surface area contributed by atoms with Crippen molar-refractivity contribution < 1.29 is 4.79 Å². The molecule has 1 aliphatic heterocycles. The first-order valence-corrected chi connectivity index (χ1v) is 6.95. The van der Waals surface area contributed by atoms with E-state index in [1.54, 1.807) is 0 Å². The molecule has 0 bridgehead atoms.